The molecule has 2 aromatic carbocycles. The van der Waals surface area contributed by atoms with Gasteiger partial charge in [-0.25, -0.2) is 0 Å². The van der Waals surface area contributed by atoms with E-state index < -0.39 is 0 Å². The highest BCUT2D eigenvalue weighted by molar-refractivity contribution is 9.10. The lowest BCUT2D eigenvalue weighted by Crippen LogP contribution is -1.92. The smallest absolute Gasteiger partial charge is 0.153 e. The zero-order valence-electron chi connectivity index (χ0n) is 10.5. The summed E-state index contributed by atoms with van der Waals surface area (Å²) in [5.74, 6) is 1.27. The van der Waals surface area contributed by atoms with Gasteiger partial charge in [-0.2, -0.15) is 0 Å². The third-order valence-corrected chi connectivity index (χ3v) is 4.48. The second kappa shape index (κ2) is 5.88. The van der Waals surface area contributed by atoms with Crippen LogP contribution in [0.5, 0.6) is 11.5 Å². The summed E-state index contributed by atoms with van der Waals surface area (Å²) < 4.78 is 7.76. The first-order valence-electron chi connectivity index (χ1n) is 5.70. The van der Waals surface area contributed by atoms with E-state index in [0.29, 0.717) is 11.3 Å². The van der Waals surface area contributed by atoms with E-state index in [0.717, 1.165) is 32.1 Å². The first-order chi connectivity index (χ1) is 9.01. The quantitative estimate of drug-likeness (QED) is 0.660. The van der Waals surface area contributed by atoms with Gasteiger partial charge in [0.15, 0.2) is 6.29 Å². The van der Waals surface area contributed by atoms with Crippen LogP contribution in [0.15, 0.2) is 39.3 Å². The molecule has 2 rings (SSSR count). The van der Waals surface area contributed by atoms with Crippen molar-refractivity contribution in [3.63, 3.8) is 0 Å². The van der Waals surface area contributed by atoms with Crippen LogP contribution in [-0.4, -0.2) is 6.29 Å². The van der Waals surface area contributed by atoms with Crippen molar-refractivity contribution in [3.8, 4) is 11.5 Å². The second-order valence-electron chi connectivity index (χ2n) is 4.27. The van der Waals surface area contributed by atoms with E-state index in [1.807, 2.05) is 32.0 Å². The monoisotopic (exact) mass is 382 g/mol. The van der Waals surface area contributed by atoms with Crippen LogP contribution in [0.2, 0.25) is 0 Å². The van der Waals surface area contributed by atoms with Crippen molar-refractivity contribution in [2.75, 3.05) is 0 Å². The lowest BCUT2D eigenvalue weighted by atomic mass is 10.1. The van der Waals surface area contributed by atoms with E-state index in [4.69, 9.17) is 4.74 Å². The molecule has 0 heterocycles. The number of carbonyl (C=O) groups is 1. The molecular weight excluding hydrogens is 372 g/mol. The molecule has 19 heavy (non-hydrogen) atoms. The van der Waals surface area contributed by atoms with Crippen molar-refractivity contribution in [2.45, 2.75) is 13.8 Å². The molecule has 4 heteroatoms. The predicted octanol–water partition coefficient (Wildman–Crippen LogP) is 5.43. The molecule has 0 aromatic heterocycles. The SMILES string of the molecule is Cc1cc(Oc2cc(Br)ccc2C=O)cc(C)c1Br. The zero-order valence-corrected chi connectivity index (χ0v) is 13.7. The van der Waals surface area contributed by atoms with Crippen LogP contribution in [0.4, 0.5) is 0 Å². The van der Waals surface area contributed by atoms with E-state index in [2.05, 4.69) is 31.9 Å². The largest absolute Gasteiger partial charge is 0.457 e. The number of aldehydes is 1. The van der Waals surface area contributed by atoms with Gasteiger partial charge in [0.05, 0.1) is 5.56 Å². The summed E-state index contributed by atoms with van der Waals surface area (Å²) in [4.78, 5) is 11.0. The summed E-state index contributed by atoms with van der Waals surface area (Å²) in [6.07, 6.45) is 0.792. The van der Waals surface area contributed by atoms with Crippen molar-refractivity contribution in [3.05, 3.63) is 56.0 Å². The molecule has 2 aromatic rings. The van der Waals surface area contributed by atoms with Crippen molar-refractivity contribution in [1.29, 1.82) is 0 Å². The fourth-order valence-corrected chi connectivity index (χ4v) is 2.36. The Hall–Kier alpha value is -1.13. The predicted molar refractivity (Wildman–Crippen MR) is 83.2 cm³/mol. The summed E-state index contributed by atoms with van der Waals surface area (Å²) >= 11 is 6.90. The normalized spacial score (nSPS) is 10.3. The molecule has 0 saturated carbocycles. The van der Waals surface area contributed by atoms with E-state index in [1.54, 1.807) is 12.1 Å². The van der Waals surface area contributed by atoms with E-state index >= 15 is 0 Å². The number of halogens is 2. The molecule has 98 valence electrons. The van der Waals surface area contributed by atoms with Gasteiger partial charge in [-0.15, -0.1) is 0 Å². The standard InChI is InChI=1S/C15H12Br2O2/c1-9-5-13(6-10(2)15(9)17)19-14-7-12(16)4-3-11(14)8-18/h3-8H,1-2H3. The third-order valence-electron chi connectivity index (χ3n) is 2.74. The van der Waals surface area contributed by atoms with Gasteiger partial charge in [0.25, 0.3) is 0 Å². The molecule has 0 bridgehead atoms. The van der Waals surface area contributed by atoms with Gasteiger partial charge in [0.2, 0.25) is 0 Å². The fraction of sp³-hybridized carbons (Fsp3) is 0.133. The molecule has 0 spiro atoms. The number of aryl methyl sites for hydroxylation is 2. The molecule has 0 atom stereocenters. The van der Waals surface area contributed by atoms with Crippen LogP contribution in [-0.2, 0) is 0 Å². The minimum atomic E-state index is 0.529. The fourth-order valence-electron chi connectivity index (χ4n) is 1.79. The Morgan fingerprint density at radius 3 is 2.26 bits per heavy atom. The Morgan fingerprint density at radius 2 is 1.68 bits per heavy atom. The zero-order chi connectivity index (χ0) is 14.0. The van der Waals surface area contributed by atoms with Crippen molar-refractivity contribution >= 4 is 38.1 Å². The summed E-state index contributed by atoms with van der Waals surface area (Å²) in [6, 6.07) is 9.20. The Bertz CT molecular complexity index is 613. The molecule has 0 aliphatic carbocycles. The Balaban J connectivity index is 2.41. The molecule has 0 N–H and O–H groups in total. The number of carbonyl (C=O) groups excluding carboxylic acids is 1. The van der Waals surface area contributed by atoms with Gasteiger partial charge in [0.1, 0.15) is 11.5 Å². The van der Waals surface area contributed by atoms with E-state index in [1.165, 1.54) is 0 Å². The van der Waals surface area contributed by atoms with Crippen LogP contribution >= 0.6 is 31.9 Å². The number of hydrogen-bond acceptors (Lipinski definition) is 2. The maximum Gasteiger partial charge on any atom is 0.153 e. The van der Waals surface area contributed by atoms with E-state index in [9.17, 15) is 4.79 Å². The molecule has 0 radical (unpaired) electrons. The molecule has 0 saturated heterocycles. The topological polar surface area (TPSA) is 26.3 Å². The number of ether oxygens (including phenoxy) is 1. The van der Waals surface area contributed by atoms with Crippen molar-refractivity contribution in [2.24, 2.45) is 0 Å². The molecule has 0 fully saturated rings. The van der Waals surface area contributed by atoms with Crippen LogP contribution in [0, 0.1) is 13.8 Å². The van der Waals surface area contributed by atoms with Crippen LogP contribution in [0.3, 0.4) is 0 Å². The molecule has 0 aliphatic rings. The van der Waals surface area contributed by atoms with Gasteiger partial charge in [-0.05, 0) is 55.3 Å². The number of hydrogen-bond donors (Lipinski definition) is 0. The lowest BCUT2D eigenvalue weighted by molar-refractivity contribution is 0.112. The molecule has 2 nitrogen and oxygen atoms in total. The summed E-state index contributed by atoms with van der Waals surface area (Å²) in [7, 11) is 0. The van der Waals surface area contributed by atoms with Crippen molar-refractivity contribution in [1.82, 2.24) is 0 Å². The molecular formula is C15H12Br2O2. The maximum atomic E-state index is 11.0. The Kier molecular flexibility index (Phi) is 4.42. The minimum absolute atomic E-state index is 0.529. The van der Waals surface area contributed by atoms with Crippen LogP contribution < -0.4 is 4.74 Å². The van der Waals surface area contributed by atoms with Crippen LogP contribution in [0.25, 0.3) is 0 Å². The first kappa shape index (κ1) is 14.3. The maximum absolute atomic E-state index is 11.0. The highest BCUT2D eigenvalue weighted by Crippen LogP contribution is 2.31. The Morgan fingerprint density at radius 1 is 1.05 bits per heavy atom. The van der Waals surface area contributed by atoms with Gasteiger partial charge in [-0.1, -0.05) is 31.9 Å². The van der Waals surface area contributed by atoms with Gasteiger partial charge in [-0.3, -0.25) is 4.79 Å². The number of rotatable bonds is 3. The molecule has 0 unspecified atom stereocenters. The second-order valence-corrected chi connectivity index (χ2v) is 5.98. The van der Waals surface area contributed by atoms with E-state index in [-0.39, 0.29) is 0 Å². The number of benzene rings is 2. The summed E-state index contributed by atoms with van der Waals surface area (Å²) in [5.41, 5.74) is 2.72. The minimum Gasteiger partial charge on any atom is -0.457 e. The lowest BCUT2D eigenvalue weighted by Gasteiger charge is -2.11. The van der Waals surface area contributed by atoms with Gasteiger partial charge in [0, 0.05) is 8.95 Å². The molecule has 0 amide bonds. The van der Waals surface area contributed by atoms with Gasteiger partial charge >= 0.3 is 0 Å². The highest BCUT2D eigenvalue weighted by Gasteiger charge is 2.08. The van der Waals surface area contributed by atoms with Crippen LogP contribution in [0.1, 0.15) is 21.5 Å². The third kappa shape index (κ3) is 3.25. The summed E-state index contributed by atoms with van der Waals surface area (Å²) in [6.45, 7) is 4.01. The highest BCUT2D eigenvalue weighted by atomic mass is 79.9. The average molecular weight is 384 g/mol. The summed E-state index contributed by atoms with van der Waals surface area (Å²) in [5, 5.41) is 0. The molecule has 0 aliphatic heterocycles. The van der Waals surface area contributed by atoms with Crippen molar-refractivity contribution < 1.29 is 9.53 Å². The first-order valence-corrected chi connectivity index (χ1v) is 7.29. The average Bonchev–Trinajstić information content (AvgIpc) is 2.36. The van der Waals surface area contributed by atoms with Gasteiger partial charge < -0.3 is 4.74 Å². The Labute approximate surface area is 129 Å².